The van der Waals surface area contributed by atoms with Crippen molar-refractivity contribution in [3.8, 4) is 11.8 Å². The molecule has 0 amide bonds. The van der Waals surface area contributed by atoms with Crippen molar-refractivity contribution in [1.29, 1.82) is 5.26 Å². The summed E-state index contributed by atoms with van der Waals surface area (Å²) in [5.74, 6) is 0.751. The Morgan fingerprint density at radius 3 is 2.50 bits per heavy atom. The first-order valence-corrected chi connectivity index (χ1v) is 8.64. The lowest BCUT2D eigenvalue weighted by molar-refractivity contribution is 0.0122. The minimum Gasteiger partial charge on any atom is -0.492 e. The zero-order chi connectivity index (χ0) is 17.6. The molecule has 1 N–H and O–H groups in total. The van der Waals surface area contributed by atoms with Gasteiger partial charge in [0.15, 0.2) is 0 Å². The molecule has 1 saturated heterocycles. The molecule has 0 aliphatic carbocycles. The average molecular weight is 331 g/mol. The Morgan fingerprint density at radius 1 is 1.21 bits per heavy atom. The van der Waals surface area contributed by atoms with Crippen LogP contribution >= 0.6 is 0 Å². The highest BCUT2D eigenvalue weighted by Crippen LogP contribution is 2.20. The summed E-state index contributed by atoms with van der Waals surface area (Å²) in [5.41, 5.74) is 0.557. The number of piperazine rings is 1. The molecule has 132 valence electrons. The van der Waals surface area contributed by atoms with E-state index in [1.807, 2.05) is 12.1 Å². The topological polar surface area (TPSA) is 59.7 Å². The minimum absolute atomic E-state index is 0.0665. The first-order valence-electron chi connectivity index (χ1n) is 8.64. The van der Waals surface area contributed by atoms with E-state index in [1.54, 1.807) is 12.1 Å². The number of aliphatic hydroxyl groups excluding tert-OH is 1. The predicted molar refractivity (Wildman–Crippen MR) is 95.0 cm³/mol. The molecular weight excluding hydrogens is 302 g/mol. The van der Waals surface area contributed by atoms with Crippen molar-refractivity contribution in [1.82, 2.24) is 9.80 Å². The quantitative estimate of drug-likeness (QED) is 0.863. The lowest BCUT2D eigenvalue weighted by Gasteiger charge is -2.37. The van der Waals surface area contributed by atoms with E-state index in [2.05, 4.69) is 36.6 Å². The van der Waals surface area contributed by atoms with Crippen molar-refractivity contribution in [2.24, 2.45) is 5.41 Å². The van der Waals surface area contributed by atoms with Crippen LogP contribution in [0.4, 0.5) is 0 Å². The van der Waals surface area contributed by atoms with Gasteiger partial charge in [-0.15, -0.1) is 0 Å². The molecule has 0 bridgehead atoms. The van der Waals surface area contributed by atoms with Gasteiger partial charge in [-0.2, -0.15) is 5.26 Å². The number of nitrogens with zero attached hydrogens (tertiary/aromatic N) is 3. The normalized spacial score (nSPS) is 18.1. The Morgan fingerprint density at radius 2 is 1.88 bits per heavy atom. The molecule has 1 aromatic rings. The van der Waals surface area contributed by atoms with Crippen LogP contribution in [0.5, 0.6) is 5.75 Å². The Bertz CT molecular complexity index is 554. The highest BCUT2D eigenvalue weighted by Gasteiger charge is 2.26. The molecule has 1 aliphatic heterocycles. The smallest absolute Gasteiger partial charge is 0.120 e. The number of aliphatic hydroxyl groups is 1. The lowest BCUT2D eigenvalue weighted by atomic mass is 9.89. The third-order valence-electron chi connectivity index (χ3n) is 4.54. The number of benzene rings is 1. The molecule has 0 saturated carbocycles. The summed E-state index contributed by atoms with van der Waals surface area (Å²) in [6.45, 7) is 12.4. The zero-order valence-electron chi connectivity index (χ0n) is 15.0. The highest BCUT2D eigenvalue weighted by atomic mass is 16.5. The number of hydrogen-bond acceptors (Lipinski definition) is 5. The van der Waals surface area contributed by atoms with Crippen LogP contribution in [0.25, 0.3) is 0 Å². The summed E-state index contributed by atoms with van der Waals surface area (Å²) in [4.78, 5) is 4.72. The molecular formula is C19H29N3O2. The van der Waals surface area contributed by atoms with Gasteiger partial charge in [-0.3, -0.25) is 9.80 Å². The molecule has 5 heteroatoms. The fraction of sp³-hybridized carbons (Fsp3) is 0.632. The maximum absolute atomic E-state index is 10.2. The lowest BCUT2D eigenvalue weighted by Crippen LogP contribution is -2.50. The molecule has 0 radical (unpaired) electrons. The van der Waals surface area contributed by atoms with Gasteiger partial charge in [-0.25, -0.2) is 0 Å². The number of nitriles is 1. The molecule has 5 nitrogen and oxygen atoms in total. The van der Waals surface area contributed by atoms with Crippen molar-refractivity contribution in [3.05, 3.63) is 29.8 Å². The van der Waals surface area contributed by atoms with E-state index >= 15 is 0 Å². The van der Waals surface area contributed by atoms with E-state index in [0.29, 0.717) is 12.2 Å². The van der Waals surface area contributed by atoms with Crippen LogP contribution in [-0.2, 0) is 0 Å². The minimum atomic E-state index is -0.292. The molecule has 1 aromatic carbocycles. The van der Waals surface area contributed by atoms with E-state index < -0.39 is 0 Å². The largest absolute Gasteiger partial charge is 0.492 e. The maximum atomic E-state index is 10.2. The first kappa shape index (κ1) is 18.7. The van der Waals surface area contributed by atoms with E-state index in [-0.39, 0.29) is 11.5 Å². The van der Waals surface area contributed by atoms with Crippen molar-refractivity contribution < 1.29 is 9.84 Å². The monoisotopic (exact) mass is 331 g/mol. The van der Waals surface area contributed by atoms with Gasteiger partial charge in [0.1, 0.15) is 12.4 Å². The summed E-state index contributed by atoms with van der Waals surface area (Å²) in [7, 11) is 0. The van der Waals surface area contributed by atoms with Gasteiger partial charge < -0.3 is 9.84 Å². The number of ether oxygens (including phenoxy) is 1. The van der Waals surface area contributed by atoms with Gasteiger partial charge in [0, 0.05) is 39.3 Å². The van der Waals surface area contributed by atoms with Crippen molar-refractivity contribution in [2.45, 2.75) is 26.9 Å². The van der Waals surface area contributed by atoms with Gasteiger partial charge in [0.25, 0.3) is 0 Å². The second-order valence-corrected chi connectivity index (χ2v) is 7.51. The van der Waals surface area contributed by atoms with Gasteiger partial charge >= 0.3 is 0 Å². The Hall–Kier alpha value is -1.61. The number of rotatable bonds is 6. The second-order valence-electron chi connectivity index (χ2n) is 7.51. The summed E-state index contributed by atoms with van der Waals surface area (Å²) >= 11 is 0. The third-order valence-corrected chi connectivity index (χ3v) is 4.54. The van der Waals surface area contributed by atoms with E-state index in [0.717, 1.165) is 45.0 Å². The fourth-order valence-corrected chi connectivity index (χ4v) is 2.66. The first-order chi connectivity index (χ1) is 11.4. The predicted octanol–water partition coefficient (Wildman–Crippen LogP) is 1.96. The SMILES string of the molecule is CC(C)(C)[C@H](O)CN1CCN(CCOc2cccc(C#N)c2)CC1. The molecule has 0 unspecified atom stereocenters. The molecule has 1 fully saturated rings. The van der Waals surface area contributed by atoms with Crippen LogP contribution in [0.15, 0.2) is 24.3 Å². The van der Waals surface area contributed by atoms with Gasteiger partial charge in [-0.05, 0) is 23.6 Å². The molecule has 1 heterocycles. The Kier molecular flexibility index (Phi) is 6.61. The van der Waals surface area contributed by atoms with Gasteiger partial charge in [-0.1, -0.05) is 26.8 Å². The number of β-amino-alcohol motifs (C(OH)–C–C–N with tert-alkyl or cyclic N) is 1. The van der Waals surface area contributed by atoms with E-state index in [4.69, 9.17) is 10.00 Å². The van der Waals surface area contributed by atoms with Crippen LogP contribution in [-0.4, -0.2) is 66.9 Å². The van der Waals surface area contributed by atoms with Crippen LogP contribution in [0.3, 0.4) is 0 Å². The third kappa shape index (κ3) is 5.79. The van der Waals surface area contributed by atoms with Crippen LogP contribution in [0, 0.1) is 16.7 Å². The molecule has 1 aliphatic rings. The number of hydrogen-bond donors (Lipinski definition) is 1. The summed E-state index contributed by atoms with van der Waals surface area (Å²) in [6, 6.07) is 9.39. The molecule has 2 rings (SSSR count). The van der Waals surface area contributed by atoms with E-state index in [1.165, 1.54) is 0 Å². The van der Waals surface area contributed by atoms with Crippen LogP contribution in [0.1, 0.15) is 26.3 Å². The average Bonchev–Trinajstić information content (AvgIpc) is 2.56. The summed E-state index contributed by atoms with van der Waals surface area (Å²) < 4.78 is 5.74. The summed E-state index contributed by atoms with van der Waals surface area (Å²) in [6.07, 6.45) is -0.292. The van der Waals surface area contributed by atoms with Crippen molar-refractivity contribution in [3.63, 3.8) is 0 Å². The second kappa shape index (κ2) is 8.48. The molecule has 1 atom stereocenters. The zero-order valence-corrected chi connectivity index (χ0v) is 15.0. The standard InChI is InChI=1S/C19H29N3O2/c1-19(2,3)18(23)15-22-9-7-21(8-10-22)11-12-24-17-6-4-5-16(13-17)14-20/h4-6,13,18,23H,7-12,15H2,1-3H3/t18-/m1/s1. The Labute approximate surface area is 145 Å². The highest BCUT2D eigenvalue weighted by molar-refractivity contribution is 5.36. The molecule has 0 aromatic heterocycles. The Balaban J connectivity index is 1.67. The van der Waals surface area contributed by atoms with Crippen molar-refractivity contribution >= 4 is 0 Å². The molecule has 0 spiro atoms. The van der Waals surface area contributed by atoms with Crippen LogP contribution < -0.4 is 4.74 Å². The fourth-order valence-electron chi connectivity index (χ4n) is 2.66. The summed E-state index contributed by atoms with van der Waals surface area (Å²) in [5, 5.41) is 19.1. The van der Waals surface area contributed by atoms with Crippen LogP contribution in [0.2, 0.25) is 0 Å². The van der Waals surface area contributed by atoms with E-state index in [9.17, 15) is 5.11 Å². The van der Waals surface area contributed by atoms with Gasteiger partial charge in [0.05, 0.1) is 17.7 Å². The maximum Gasteiger partial charge on any atom is 0.120 e. The van der Waals surface area contributed by atoms with Gasteiger partial charge in [0.2, 0.25) is 0 Å². The molecule has 24 heavy (non-hydrogen) atoms. The van der Waals surface area contributed by atoms with Crippen molar-refractivity contribution in [2.75, 3.05) is 45.9 Å².